The first-order valence-corrected chi connectivity index (χ1v) is 12.5. The number of hydrogen-bond acceptors (Lipinski definition) is 7. The second-order valence-corrected chi connectivity index (χ2v) is 10.3. The van der Waals surface area contributed by atoms with Crippen molar-refractivity contribution in [3.8, 4) is 10.4 Å². The third-order valence-corrected chi connectivity index (χ3v) is 7.47. The maximum Gasteiger partial charge on any atom is 0.263 e. The number of aromatic nitrogens is 2. The summed E-state index contributed by atoms with van der Waals surface area (Å²) in [6, 6.07) is 9.42. The number of nitrogens with one attached hydrogen (secondary N) is 1. The molecule has 0 saturated carbocycles. The summed E-state index contributed by atoms with van der Waals surface area (Å²) in [4.78, 5) is 31.5. The molecule has 0 bridgehead atoms. The molecule has 4 aromatic rings. The fourth-order valence-electron chi connectivity index (χ4n) is 3.16. The van der Waals surface area contributed by atoms with Gasteiger partial charge in [-0.2, -0.15) is 0 Å². The predicted molar refractivity (Wildman–Crippen MR) is 122 cm³/mol. The van der Waals surface area contributed by atoms with Gasteiger partial charge in [0, 0.05) is 15.8 Å². The Kier molecular flexibility index (Phi) is 5.75. The first kappa shape index (κ1) is 21.4. The molecule has 0 aliphatic heterocycles. The van der Waals surface area contributed by atoms with Gasteiger partial charge < -0.3 is 5.32 Å². The third-order valence-electron chi connectivity index (χ3n) is 4.75. The minimum absolute atomic E-state index is 0.00184. The molecule has 0 aliphatic carbocycles. The highest BCUT2D eigenvalue weighted by Crippen LogP contribution is 2.33. The van der Waals surface area contributed by atoms with Crippen molar-refractivity contribution in [3.05, 3.63) is 69.4 Å². The Labute approximate surface area is 186 Å². The van der Waals surface area contributed by atoms with Crippen molar-refractivity contribution in [2.75, 3.05) is 0 Å². The van der Waals surface area contributed by atoms with E-state index >= 15 is 0 Å². The number of rotatable bonds is 6. The van der Waals surface area contributed by atoms with Crippen LogP contribution in [0.5, 0.6) is 0 Å². The number of carbonyl (C=O) groups excluding carboxylic acids is 1. The van der Waals surface area contributed by atoms with Crippen LogP contribution in [0, 0.1) is 0 Å². The third kappa shape index (κ3) is 4.44. The molecule has 8 nitrogen and oxygen atoms in total. The minimum Gasteiger partial charge on any atom is -0.348 e. The van der Waals surface area contributed by atoms with Crippen molar-refractivity contribution in [2.45, 2.75) is 24.4 Å². The molecule has 0 radical (unpaired) electrons. The molecule has 1 amide bonds. The van der Waals surface area contributed by atoms with E-state index in [4.69, 9.17) is 5.14 Å². The standard InChI is InChI=1S/C20H18N4O4S3/c1-12(13-4-6-14(7-5-13)31(21,27)28)23-17(25)9-24-11-22-19-18(20(24)26)15(10-30-19)16-3-2-8-29-16/h2-8,10-12H,9H2,1H3,(H,23,25)(H2,21,27,28). The highest BCUT2D eigenvalue weighted by atomic mass is 32.2. The highest BCUT2D eigenvalue weighted by molar-refractivity contribution is 7.89. The molecule has 3 aromatic heterocycles. The van der Waals surface area contributed by atoms with Crippen LogP contribution in [0.1, 0.15) is 18.5 Å². The Morgan fingerprint density at radius 1 is 1.23 bits per heavy atom. The molecule has 31 heavy (non-hydrogen) atoms. The van der Waals surface area contributed by atoms with Gasteiger partial charge in [-0.25, -0.2) is 18.5 Å². The van der Waals surface area contributed by atoms with Gasteiger partial charge >= 0.3 is 0 Å². The van der Waals surface area contributed by atoms with Crippen molar-refractivity contribution in [1.82, 2.24) is 14.9 Å². The lowest BCUT2D eigenvalue weighted by atomic mass is 10.1. The van der Waals surface area contributed by atoms with Crippen LogP contribution in [0.2, 0.25) is 0 Å². The Morgan fingerprint density at radius 3 is 2.61 bits per heavy atom. The van der Waals surface area contributed by atoms with Crippen LogP contribution >= 0.6 is 22.7 Å². The van der Waals surface area contributed by atoms with Crippen molar-refractivity contribution in [2.24, 2.45) is 5.14 Å². The molecule has 0 saturated heterocycles. The summed E-state index contributed by atoms with van der Waals surface area (Å²) in [5, 5.41) is 12.3. The van der Waals surface area contributed by atoms with Crippen LogP contribution in [-0.2, 0) is 21.4 Å². The SMILES string of the molecule is CC(NC(=O)Cn1cnc2scc(-c3cccs3)c2c1=O)c1ccc(S(N)(=O)=O)cc1. The molecule has 160 valence electrons. The number of carbonyl (C=O) groups is 1. The lowest BCUT2D eigenvalue weighted by Crippen LogP contribution is -2.34. The van der Waals surface area contributed by atoms with Gasteiger partial charge in [0.1, 0.15) is 11.4 Å². The van der Waals surface area contributed by atoms with Crippen LogP contribution in [-0.4, -0.2) is 23.9 Å². The first-order chi connectivity index (χ1) is 14.7. The molecular formula is C20H18N4O4S3. The van der Waals surface area contributed by atoms with E-state index in [1.165, 1.54) is 45.7 Å². The Bertz CT molecular complexity index is 1410. The summed E-state index contributed by atoms with van der Waals surface area (Å²) in [5.74, 6) is -0.362. The van der Waals surface area contributed by atoms with Crippen LogP contribution < -0.4 is 16.0 Å². The number of nitrogens with zero attached hydrogens (tertiary/aromatic N) is 2. The van der Waals surface area contributed by atoms with Gasteiger partial charge in [-0.1, -0.05) is 18.2 Å². The van der Waals surface area contributed by atoms with Gasteiger partial charge in [-0.15, -0.1) is 22.7 Å². The van der Waals surface area contributed by atoms with Crippen molar-refractivity contribution in [3.63, 3.8) is 0 Å². The van der Waals surface area contributed by atoms with Gasteiger partial charge in [0.2, 0.25) is 15.9 Å². The largest absolute Gasteiger partial charge is 0.348 e. The van der Waals surface area contributed by atoms with Crippen molar-refractivity contribution < 1.29 is 13.2 Å². The van der Waals surface area contributed by atoms with Gasteiger partial charge in [0.05, 0.1) is 22.7 Å². The number of fused-ring (bicyclic) bond motifs is 1. The van der Waals surface area contributed by atoms with E-state index in [2.05, 4.69) is 10.3 Å². The van der Waals surface area contributed by atoms with E-state index in [-0.39, 0.29) is 22.9 Å². The van der Waals surface area contributed by atoms with Crippen LogP contribution in [0.15, 0.2) is 63.2 Å². The zero-order chi connectivity index (χ0) is 22.2. The monoisotopic (exact) mass is 474 g/mol. The minimum atomic E-state index is -3.78. The predicted octanol–water partition coefficient (Wildman–Crippen LogP) is 2.71. The summed E-state index contributed by atoms with van der Waals surface area (Å²) in [7, 11) is -3.78. The molecular weight excluding hydrogens is 456 g/mol. The Balaban J connectivity index is 1.53. The molecule has 0 aliphatic rings. The summed E-state index contributed by atoms with van der Waals surface area (Å²) >= 11 is 2.93. The Hall–Kier alpha value is -2.86. The Morgan fingerprint density at radius 2 is 1.97 bits per heavy atom. The average molecular weight is 475 g/mol. The second-order valence-electron chi connectivity index (χ2n) is 6.89. The number of primary sulfonamides is 1. The summed E-state index contributed by atoms with van der Waals surface area (Å²) in [6.45, 7) is 1.59. The maximum absolute atomic E-state index is 13.0. The number of nitrogens with two attached hydrogens (primary N) is 1. The van der Waals surface area contributed by atoms with Gasteiger partial charge in [-0.05, 0) is 36.1 Å². The topological polar surface area (TPSA) is 124 Å². The smallest absolute Gasteiger partial charge is 0.263 e. The van der Waals surface area contributed by atoms with Crippen molar-refractivity contribution >= 4 is 48.8 Å². The number of hydrogen-bond donors (Lipinski definition) is 2. The zero-order valence-corrected chi connectivity index (χ0v) is 18.8. The normalized spacial score (nSPS) is 12.7. The molecule has 3 heterocycles. The fraction of sp³-hybridized carbons (Fsp3) is 0.150. The van der Waals surface area contributed by atoms with E-state index in [9.17, 15) is 18.0 Å². The molecule has 0 fully saturated rings. The molecule has 11 heteroatoms. The lowest BCUT2D eigenvalue weighted by molar-refractivity contribution is -0.122. The summed E-state index contributed by atoms with van der Waals surface area (Å²) in [6.07, 6.45) is 1.38. The second kappa shape index (κ2) is 8.35. The number of thiophene rings is 2. The molecule has 4 rings (SSSR count). The lowest BCUT2D eigenvalue weighted by Gasteiger charge is -2.15. The molecule has 1 aromatic carbocycles. The summed E-state index contributed by atoms with van der Waals surface area (Å²) < 4.78 is 24.0. The zero-order valence-electron chi connectivity index (χ0n) is 16.3. The van der Waals surface area contributed by atoms with Crippen LogP contribution in [0.25, 0.3) is 20.7 Å². The first-order valence-electron chi connectivity index (χ1n) is 9.16. The van der Waals surface area contributed by atoms with Crippen LogP contribution in [0.4, 0.5) is 0 Å². The molecule has 3 N–H and O–H groups in total. The molecule has 1 atom stereocenters. The van der Waals surface area contributed by atoms with Crippen LogP contribution in [0.3, 0.4) is 0 Å². The average Bonchev–Trinajstić information content (AvgIpc) is 3.39. The van der Waals surface area contributed by atoms with E-state index in [0.717, 1.165) is 10.4 Å². The van der Waals surface area contributed by atoms with E-state index < -0.39 is 16.1 Å². The number of amides is 1. The van der Waals surface area contributed by atoms with Gasteiger partial charge in [-0.3, -0.25) is 14.2 Å². The van der Waals surface area contributed by atoms with Crippen molar-refractivity contribution in [1.29, 1.82) is 0 Å². The van der Waals surface area contributed by atoms with Gasteiger partial charge in [0.15, 0.2) is 0 Å². The van der Waals surface area contributed by atoms with E-state index in [1.54, 1.807) is 19.1 Å². The van der Waals surface area contributed by atoms with E-state index in [0.29, 0.717) is 15.8 Å². The molecule has 0 spiro atoms. The fourth-order valence-corrected chi connectivity index (χ4v) is 5.40. The highest BCUT2D eigenvalue weighted by Gasteiger charge is 2.17. The quantitative estimate of drug-likeness (QED) is 0.445. The number of benzene rings is 1. The number of sulfonamides is 1. The maximum atomic E-state index is 13.0. The summed E-state index contributed by atoms with van der Waals surface area (Å²) in [5.41, 5.74) is 1.26. The van der Waals surface area contributed by atoms with Gasteiger partial charge in [0.25, 0.3) is 5.56 Å². The molecule has 1 unspecified atom stereocenters. The van der Waals surface area contributed by atoms with E-state index in [1.807, 2.05) is 22.9 Å².